The van der Waals surface area contributed by atoms with Crippen molar-refractivity contribution in [3.05, 3.63) is 29.6 Å². The average molecular weight is 238 g/mol. The van der Waals surface area contributed by atoms with Crippen molar-refractivity contribution in [2.24, 2.45) is 0 Å². The Morgan fingerprint density at radius 3 is 2.71 bits per heavy atom. The van der Waals surface area contributed by atoms with Gasteiger partial charge < -0.3 is 15.7 Å². The highest BCUT2D eigenvalue weighted by Crippen LogP contribution is 2.26. The van der Waals surface area contributed by atoms with Crippen molar-refractivity contribution in [2.75, 3.05) is 18.8 Å². The number of hydrogen-bond acceptors (Lipinski definition) is 3. The van der Waals surface area contributed by atoms with Gasteiger partial charge in [0.1, 0.15) is 5.82 Å². The van der Waals surface area contributed by atoms with E-state index in [1.807, 2.05) is 6.92 Å². The van der Waals surface area contributed by atoms with E-state index in [1.54, 1.807) is 0 Å². The molecule has 1 aromatic carbocycles. The minimum atomic E-state index is -0.783. The summed E-state index contributed by atoms with van der Waals surface area (Å²) in [6.45, 7) is 2.44. The molecular weight excluding hydrogens is 223 g/mol. The first-order valence-corrected chi connectivity index (χ1v) is 5.51. The Hall–Kier alpha value is -1.62. The van der Waals surface area contributed by atoms with Crippen LogP contribution in [0, 0.1) is 5.82 Å². The number of hydrogen-bond donors (Lipinski definition) is 2. The number of amides is 1. The molecule has 92 valence electrons. The summed E-state index contributed by atoms with van der Waals surface area (Å²) < 4.78 is 13.1. The van der Waals surface area contributed by atoms with Crippen LogP contribution in [0.3, 0.4) is 0 Å². The predicted octanol–water partition coefficient (Wildman–Crippen LogP) is 1.00. The summed E-state index contributed by atoms with van der Waals surface area (Å²) in [6, 6.07) is 3.76. The topological polar surface area (TPSA) is 66.6 Å². The number of nitrogens with two attached hydrogens (primary N) is 1. The molecule has 3 N–H and O–H groups in total. The van der Waals surface area contributed by atoms with Crippen molar-refractivity contribution in [3.63, 3.8) is 0 Å². The fourth-order valence-corrected chi connectivity index (χ4v) is 1.95. The van der Waals surface area contributed by atoms with Crippen molar-refractivity contribution < 1.29 is 14.3 Å². The van der Waals surface area contributed by atoms with Crippen LogP contribution < -0.4 is 5.73 Å². The molecule has 2 rings (SSSR count). The van der Waals surface area contributed by atoms with Crippen LogP contribution in [0.1, 0.15) is 23.7 Å². The lowest BCUT2D eigenvalue weighted by Gasteiger charge is -2.46. The number of β-amino-alcohol motifs (C(OH)–C–C–N with tert-alkyl or cyclic N) is 1. The summed E-state index contributed by atoms with van der Waals surface area (Å²) in [7, 11) is 0. The van der Waals surface area contributed by atoms with Crippen LogP contribution >= 0.6 is 0 Å². The fraction of sp³-hybridized carbons (Fsp3) is 0.417. The highest BCUT2D eigenvalue weighted by molar-refractivity contribution is 5.95. The van der Waals surface area contributed by atoms with Gasteiger partial charge in [-0.25, -0.2) is 4.39 Å². The third-order valence-electron chi connectivity index (χ3n) is 3.08. The average Bonchev–Trinajstić information content (AvgIpc) is 2.22. The molecule has 5 heteroatoms. The van der Waals surface area contributed by atoms with Gasteiger partial charge in [-0.2, -0.15) is 0 Å². The third kappa shape index (κ3) is 2.24. The van der Waals surface area contributed by atoms with Crippen molar-refractivity contribution >= 4 is 11.6 Å². The Bertz CT molecular complexity index is 436. The molecule has 4 nitrogen and oxygen atoms in total. The molecule has 1 amide bonds. The zero-order valence-corrected chi connectivity index (χ0v) is 9.61. The lowest BCUT2D eigenvalue weighted by atomic mass is 9.90. The van der Waals surface area contributed by atoms with Crippen LogP contribution in [-0.2, 0) is 0 Å². The third-order valence-corrected chi connectivity index (χ3v) is 3.08. The maximum Gasteiger partial charge on any atom is 0.254 e. The van der Waals surface area contributed by atoms with Crippen LogP contribution in [0.15, 0.2) is 18.2 Å². The number of aliphatic hydroxyl groups is 1. The molecule has 1 aromatic rings. The van der Waals surface area contributed by atoms with Gasteiger partial charge in [0.15, 0.2) is 0 Å². The van der Waals surface area contributed by atoms with Crippen LogP contribution in [0.2, 0.25) is 0 Å². The van der Waals surface area contributed by atoms with Gasteiger partial charge in [-0.05, 0) is 24.6 Å². The smallest absolute Gasteiger partial charge is 0.254 e. The molecule has 0 unspecified atom stereocenters. The zero-order chi connectivity index (χ0) is 12.6. The van der Waals surface area contributed by atoms with Gasteiger partial charge in [0.25, 0.3) is 5.91 Å². The van der Waals surface area contributed by atoms with Crippen LogP contribution in [0.4, 0.5) is 10.1 Å². The SMILES string of the molecule is CCC1(O)CN(C(=O)c2cc(N)cc(F)c2)C1. The molecule has 0 saturated carbocycles. The fourth-order valence-electron chi connectivity index (χ4n) is 1.95. The van der Waals surface area contributed by atoms with Crippen molar-refractivity contribution in [1.29, 1.82) is 0 Å². The predicted molar refractivity (Wildman–Crippen MR) is 62.0 cm³/mol. The Labute approximate surface area is 98.8 Å². The van der Waals surface area contributed by atoms with Crippen LogP contribution in [0.25, 0.3) is 0 Å². The lowest BCUT2D eigenvalue weighted by molar-refractivity contribution is -0.0826. The van der Waals surface area contributed by atoms with E-state index in [0.29, 0.717) is 19.5 Å². The van der Waals surface area contributed by atoms with Gasteiger partial charge in [0, 0.05) is 11.3 Å². The van der Waals surface area contributed by atoms with E-state index in [0.717, 1.165) is 12.1 Å². The number of carbonyl (C=O) groups excluding carboxylic acids is 1. The number of nitrogen functional groups attached to an aromatic ring is 1. The molecule has 1 saturated heterocycles. The molecule has 0 bridgehead atoms. The summed E-state index contributed by atoms with van der Waals surface area (Å²) in [5.41, 5.74) is 5.14. The van der Waals surface area contributed by atoms with E-state index >= 15 is 0 Å². The molecule has 1 aliphatic rings. The van der Waals surface area contributed by atoms with Gasteiger partial charge in [0.2, 0.25) is 0 Å². The largest absolute Gasteiger partial charge is 0.399 e. The minimum absolute atomic E-state index is 0.222. The second-order valence-corrected chi connectivity index (χ2v) is 4.51. The van der Waals surface area contributed by atoms with E-state index in [-0.39, 0.29) is 17.2 Å². The molecule has 0 aliphatic carbocycles. The normalized spacial score (nSPS) is 17.7. The second kappa shape index (κ2) is 4.00. The van der Waals surface area contributed by atoms with Gasteiger partial charge in [-0.15, -0.1) is 0 Å². The second-order valence-electron chi connectivity index (χ2n) is 4.51. The summed E-state index contributed by atoms with van der Waals surface area (Å²) in [5, 5.41) is 9.80. The summed E-state index contributed by atoms with van der Waals surface area (Å²) in [4.78, 5) is 13.4. The summed E-state index contributed by atoms with van der Waals surface area (Å²) >= 11 is 0. The van der Waals surface area contributed by atoms with Crippen LogP contribution in [0.5, 0.6) is 0 Å². The Morgan fingerprint density at radius 2 is 2.18 bits per heavy atom. The first-order valence-electron chi connectivity index (χ1n) is 5.51. The number of likely N-dealkylation sites (tertiary alicyclic amines) is 1. The van der Waals surface area contributed by atoms with E-state index in [4.69, 9.17) is 5.73 Å². The molecular formula is C12H15FN2O2. The first kappa shape index (κ1) is 11.9. The van der Waals surface area contributed by atoms with E-state index < -0.39 is 11.4 Å². The molecule has 1 aliphatic heterocycles. The number of carbonyl (C=O) groups is 1. The molecule has 1 fully saturated rings. The zero-order valence-electron chi connectivity index (χ0n) is 9.61. The first-order chi connectivity index (χ1) is 7.93. The lowest BCUT2D eigenvalue weighted by Crippen LogP contribution is -2.63. The van der Waals surface area contributed by atoms with Gasteiger partial charge >= 0.3 is 0 Å². The highest BCUT2D eigenvalue weighted by Gasteiger charge is 2.42. The monoisotopic (exact) mass is 238 g/mol. The van der Waals surface area contributed by atoms with Gasteiger partial charge in [-0.1, -0.05) is 6.92 Å². The van der Waals surface area contributed by atoms with E-state index in [9.17, 15) is 14.3 Å². The molecule has 17 heavy (non-hydrogen) atoms. The quantitative estimate of drug-likeness (QED) is 0.755. The number of rotatable bonds is 2. The molecule has 0 radical (unpaired) electrons. The number of anilines is 1. The summed E-state index contributed by atoms with van der Waals surface area (Å²) in [5.74, 6) is -0.825. The minimum Gasteiger partial charge on any atom is -0.399 e. The molecule has 1 heterocycles. The van der Waals surface area contributed by atoms with Crippen molar-refractivity contribution in [2.45, 2.75) is 18.9 Å². The molecule has 0 atom stereocenters. The Morgan fingerprint density at radius 1 is 1.53 bits per heavy atom. The Kier molecular flexibility index (Phi) is 2.79. The Balaban J connectivity index is 2.11. The molecule has 0 spiro atoms. The highest BCUT2D eigenvalue weighted by atomic mass is 19.1. The maximum atomic E-state index is 13.1. The standard InChI is InChI=1S/C12H15FN2O2/c1-2-12(17)6-15(7-12)11(16)8-3-9(13)5-10(14)4-8/h3-5,17H,2,6-7,14H2,1H3. The maximum absolute atomic E-state index is 13.1. The van der Waals surface area contributed by atoms with Crippen molar-refractivity contribution in [3.8, 4) is 0 Å². The van der Waals surface area contributed by atoms with Crippen LogP contribution in [-0.4, -0.2) is 34.6 Å². The molecule has 0 aromatic heterocycles. The van der Waals surface area contributed by atoms with Gasteiger partial charge in [0.05, 0.1) is 18.7 Å². The van der Waals surface area contributed by atoms with E-state index in [2.05, 4.69) is 0 Å². The number of halogens is 1. The number of benzene rings is 1. The van der Waals surface area contributed by atoms with Gasteiger partial charge in [-0.3, -0.25) is 4.79 Å². The van der Waals surface area contributed by atoms with Crippen molar-refractivity contribution in [1.82, 2.24) is 4.90 Å². The number of nitrogens with zero attached hydrogens (tertiary/aromatic N) is 1. The van der Waals surface area contributed by atoms with E-state index in [1.165, 1.54) is 11.0 Å². The summed E-state index contributed by atoms with van der Waals surface area (Å²) in [6.07, 6.45) is 0.599.